The van der Waals surface area contributed by atoms with Crippen LogP contribution in [0.1, 0.15) is 30.0 Å². The predicted octanol–water partition coefficient (Wildman–Crippen LogP) is 1.78. The monoisotopic (exact) mass is 330 g/mol. The molecule has 1 aromatic carbocycles. The molecule has 1 saturated heterocycles. The van der Waals surface area contributed by atoms with Crippen LogP contribution in [0.5, 0.6) is 0 Å². The second-order valence-electron chi connectivity index (χ2n) is 6.07. The molecule has 0 saturated carbocycles. The zero-order chi connectivity index (χ0) is 16.9. The van der Waals surface area contributed by atoms with Gasteiger partial charge >= 0.3 is 5.69 Å². The summed E-state index contributed by atoms with van der Waals surface area (Å²) in [6.07, 6.45) is 3.01. The summed E-state index contributed by atoms with van der Waals surface area (Å²) in [5, 5.41) is 0. The van der Waals surface area contributed by atoms with Crippen molar-refractivity contribution in [3.63, 3.8) is 0 Å². The van der Waals surface area contributed by atoms with Crippen LogP contribution in [0.25, 0.3) is 0 Å². The van der Waals surface area contributed by atoms with E-state index in [2.05, 4.69) is 4.98 Å². The van der Waals surface area contributed by atoms with Gasteiger partial charge in [-0.15, -0.1) is 0 Å². The molecule has 0 spiro atoms. The van der Waals surface area contributed by atoms with E-state index in [1.54, 1.807) is 17.7 Å². The van der Waals surface area contributed by atoms with Gasteiger partial charge in [0, 0.05) is 25.0 Å². The molecule has 3 rings (SSSR count). The Hall–Kier alpha value is -2.18. The third-order valence-corrected chi connectivity index (χ3v) is 4.34. The molecule has 0 bridgehead atoms. The summed E-state index contributed by atoms with van der Waals surface area (Å²) in [5.41, 5.74) is 0.948. The van der Waals surface area contributed by atoms with Gasteiger partial charge in [-0.25, -0.2) is 4.79 Å². The molecule has 0 unspecified atom stereocenters. The number of aromatic amines is 1. The second kappa shape index (κ2) is 7.59. The summed E-state index contributed by atoms with van der Waals surface area (Å²) >= 11 is 0. The lowest BCUT2D eigenvalue weighted by Gasteiger charge is -2.20. The number of hydrogen-bond donors (Lipinski definition) is 1. The van der Waals surface area contributed by atoms with Crippen LogP contribution >= 0.6 is 0 Å². The van der Waals surface area contributed by atoms with Crippen molar-refractivity contribution >= 4 is 0 Å². The Morgan fingerprint density at radius 2 is 2.08 bits per heavy atom. The van der Waals surface area contributed by atoms with Gasteiger partial charge in [0.05, 0.1) is 18.8 Å². The molecule has 1 aromatic heterocycles. The molecule has 2 atom stereocenters. The molecule has 1 N–H and O–H groups in total. The van der Waals surface area contributed by atoms with E-state index < -0.39 is 0 Å². The first kappa shape index (κ1) is 16.7. The smallest absolute Gasteiger partial charge is 0.328 e. The van der Waals surface area contributed by atoms with Gasteiger partial charge in [0.15, 0.2) is 0 Å². The maximum atomic E-state index is 12.1. The molecule has 2 heterocycles. The number of nitrogens with zero attached hydrogens (tertiary/aromatic N) is 1. The highest BCUT2D eigenvalue weighted by Gasteiger charge is 2.30. The first-order valence-corrected chi connectivity index (χ1v) is 8.20. The number of benzene rings is 1. The Bertz CT molecular complexity index is 782. The van der Waals surface area contributed by atoms with Gasteiger partial charge in [0.25, 0.3) is 5.56 Å². The quantitative estimate of drug-likeness (QED) is 0.820. The normalized spacial score (nSPS) is 20.4. The summed E-state index contributed by atoms with van der Waals surface area (Å²) in [6.45, 7) is 3.43. The third-order valence-electron chi connectivity index (χ3n) is 4.34. The molecule has 0 radical (unpaired) electrons. The fraction of sp³-hybridized carbons (Fsp3) is 0.444. The van der Waals surface area contributed by atoms with E-state index in [9.17, 15) is 9.59 Å². The SMILES string of the molecule is Cc1cn([C@@H]2CCO[C@@H]2CCOCc2ccccc2)c(=O)[nH]c1=O. The van der Waals surface area contributed by atoms with Crippen LogP contribution in [0.4, 0.5) is 0 Å². The molecule has 0 amide bonds. The summed E-state index contributed by atoms with van der Waals surface area (Å²) in [4.78, 5) is 25.9. The van der Waals surface area contributed by atoms with Gasteiger partial charge in [-0.2, -0.15) is 0 Å². The average Bonchev–Trinajstić information content (AvgIpc) is 3.04. The van der Waals surface area contributed by atoms with E-state index in [-0.39, 0.29) is 23.4 Å². The van der Waals surface area contributed by atoms with E-state index in [0.717, 1.165) is 12.0 Å². The van der Waals surface area contributed by atoms with Crippen molar-refractivity contribution in [1.29, 1.82) is 0 Å². The van der Waals surface area contributed by atoms with Gasteiger partial charge in [0.2, 0.25) is 0 Å². The van der Waals surface area contributed by atoms with E-state index in [4.69, 9.17) is 9.47 Å². The largest absolute Gasteiger partial charge is 0.377 e. The zero-order valence-electron chi connectivity index (χ0n) is 13.7. The van der Waals surface area contributed by atoms with Crippen LogP contribution in [-0.2, 0) is 16.1 Å². The number of nitrogens with one attached hydrogen (secondary N) is 1. The molecule has 6 nitrogen and oxygen atoms in total. The highest BCUT2D eigenvalue weighted by atomic mass is 16.5. The Morgan fingerprint density at radius 3 is 2.88 bits per heavy atom. The first-order chi connectivity index (χ1) is 11.6. The van der Waals surface area contributed by atoms with E-state index in [1.807, 2.05) is 30.3 Å². The standard InChI is InChI=1S/C18H22N2O4/c1-13-11-20(18(22)19-17(13)21)15-7-10-24-16(15)8-9-23-12-14-5-3-2-4-6-14/h2-6,11,15-16H,7-10,12H2,1H3,(H,19,21,22)/t15-,16-/m1/s1. The van der Waals surface area contributed by atoms with Crippen LogP contribution in [0.2, 0.25) is 0 Å². The summed E-state index contributed by atoms with van der Waals surface area (Å²) in [5.74, 6) is 0. The van der Waals surface area contributed by atoms with E-state index in [1.165, 1.54) is 0 Å². The van der Waals surface area contributed by atoms with Gasteiger partial charge in [-0.05, 0) is 25.3 Å². The number of hydrogen-bond acceptors (Lipinski definition) is 4. The van der Waals surface area contributed by atoms with Gasteiger partial charge < -0.3 is 9.47 Å². The van der Waals surface area contributed by atoms with Crippen LogP contribution < -0.4 is 11.2 Å². The lowest BCUT2D eigenvalue weighted by atomic mass is 10.1. The Kier molecular flexibility index (Phi) is 5.27. The van der Waals surface area contributed by atoms with Crippen LogP contribution in [0.15, 0.2) is 46.1 Å². The molecule has 2 aromatic rings. The van der Waals surface area contributed by atoms with Crippen molar-refractivity contribution in [1.82, 2.24) is 9.55 Å². The Balaban J connectivity index is 1.59. The minimum atomic E-state index is -0.378. The van der Waals surface area contributed by atoms with Gasteiger partial charge in [0.1, 0.15) is 0 Å². The molecule has 0 aliphatic carbocycles. The number of H-pyrrole nitrogens is 1. The average molecular weight is 330 g/mol. The molecule has 128 valence electrons. The molecular weight excluding hydrogens is 308 g/mol. The van der Waals surface area contributed by atoms with Crippen LogP contribution in [0, 0.1) is 6.92 Å². The zero-order valence-corrected chi connectivity index (χ0v) is 13.7. The van der Waals surface area contributed by atoms with Gasteiger partial charge in [-0.1, -0.05) is 30.3 Å². The molecular formula is C18H22N2O4. The topological polar surface area (TPSA) is 73.3 Å². The third kappa shape index (κ3) is 3.83. The van der Waals surface area contributed by atoms with Crippen molar-refractivity contribution in [2.45, 2.75) is 38.5 Å². The molecule has 6 heteroatoms. The molecule has 1 fully saturated rings. The van der Waals surface area contributed by atoms with Gasteiger partial charge in [-0.3, -0.25) is 14.3 Å². The number of aromatic nitrogens is 2. The second-order valence-corrected chi connectivity index (χ2v) is 6.07. The maximum absolute atomic E-state index is 12.1. The van der Waals surface area contributed by atoms with Crippen molar-refractivity contribution in [2.75, 3.05) is 13.2 Å². The molecule has 1 aliphatic rings. The number of aryl methyl sites for hydroxylation is 1. The Labute approximate surface area is 140 Å². The van der Waals surface area contributed by atoms with E-state index >= 15 is 0 Å². The first-order valence-electron chi connectivity index (χ1n) is 8.20. The predicted molar refractivity (Wildman–Crippen MR) is 90.2 cm³/mol. The maximum Gasteiger partial charge on any atom is 0.328 e. The number of ether oxygens (including phenoxy) is 2. The summed E-state index contributed by atoms with van der Waals surface area (Å²) < 4.78 is 13.1. The lowest BCUT2D eigenvalue weighted by Crippen LogP contribution is -2.36. The minimum Gasteiger partial charge on any atom is -0.377 e. The lowest BCUT2D eigenvalue weighted by molar-refractivity contribution is 0.0408. The summed E-state index contributed by atoms with van der Waals surface area (Å²) in [7, 11) is 0. The fourth-order valence-electron chi connectivity index (χ4n) is 3.03. The molecule has 24 heavy (non-hydrogen) atoms. The summed E-state index contributed by atoms with van der Waals surface area (Å²) in [6, 6.07) is 9.94. The Morgan fingerprint density at radius 1 is 1.29 bits per heavy atom. The van der Waals surface area contributed by atoms with E-state index in [0.29, 0.717) is 31.8 Å². The highest BCUT2D eigenvalue weighted by Crippen LogP contribution is 2.27. The van der Waals surface area contributed by atoms with Crippen molar-refractivity contribution in [3.8, 4) is 0 Å². The van der Waals surface area contributed by atoms with Crippen LogP contribution in [-0.4, -0.2) is 28.9 Å². The fourth-order valence-corrected chi connectivity index (χ4v) is 3.03. The van der Waals surface area contributed by atoms with Crippen LogP contribution in [0.3, 0.4) is 0 Å². The highest BCUT2D eigenvalue weighted by molar-refractivity contribution is 5.13. The van der Waals surface area contributed by atoms with Crippen molar-refractivity contribution < 1.29 is 9.47 Å². The van der Waals surface area contributed by atoms with Crippen molar-refractivity contribution in [3.05, 3.63) is 68.5 Å². The van der Waals surface area contributed by atoms with Crippen molar-refractivity contribution in [2.24, 2.45) is 0 Å². The minimum absolute atomic E-state index is 0.0617. The number of rotatable bonds is 6. The molecule has 1 aliphatic heterocycles.